The Morgan fingerprint density at radius 1 is 1.30 bits per heavy atom. The Bertz CT molecular complexity index is 407. The van der Waals surface area contributed by atoms with E-state index in [4.69, 9.17) is 0 Å². The average molecular weight is 342 g/mol. The normalized spacial score (nSPS) is 13.2. The van der Waals surface area contributed by atoms with Crippen molar-refractivity contribution in [2.24, 2.45) is 0 Å². The highest BCUT2D eigenvalue weighted by Crippen LogP contribution is 2.21. The van der Waals surface area contributed by atoms with Crippen LogP contribution in [0, 0.1) is 0 Å². The second-order valence-electron chi connectivity index (χ2n) is 5.63. The molecule has 0 bridgehead atoms. The molecule has 0 spiro atoms. The van der Waals surface area contributed by atoms with E-state index in [1.165, 1.54) is 15.6 Å². The summed E-state index contributed by atoms with van der Waals surface area (Å²) in [6.07, 6.45) is 0. The Morgan fingerprint density at radius 3 is 2.50 bits per heavy atom. The van der Waals surface area contributed by atoms with Crippen LogP contribution >= 0.6 is 15.9 Å². The molecule has 1 aromatic carbocycles. The van der Waals surface area contributed by atoms with Crippen molar-refractivity contribution < 1.29 is 0 Å². The predicted molar refractivity (Wildman–Crippen MR) is 91.0 cm³/mol. The fourth-order valence-corrected chi connectivity index (χ4v) is 3.03. The fourth-order valence-electron chi connectivity index (χ4n) is 2.48. The van der Waals surface area contributed by atoms with E-state index in [2.05, 4.69) is 77.2 Å². The molecule has 1 rings (SSSR count). The van der Waals surface area contributed by atoms with Crippen molar-refractivity contribution in [1.29, 1.82) is 0 Å². The summed E-state index contributed by atoms with van der Waals surface area (Å²) in [5, 5.41) is 3.19. The quantitative estimate of drug-likeness (QED) is 0.784. The third kappa shape index (κ3) is 5.52. The van der Waals surface area contributed by atoms with Crippen molar-refractivity contribution in [3.63, 3.8) is 0 Å². The van der Waals surface area contributed by atoms with Crippen LogP contribution in [0.4, 0.5) is 0 Å². The summed E-state index contributed by atoms with van der Waals surface area (Å²) in [5.74, 6) is 0. The van der Waals surface area contributed by atoms with Gasteiger partial charge in [0.05, 0.1) is 0 Å². The molecule has 0 aromatic heterocycles. The molecule has 0 aliphatic carbocycles. The maximum atomic E-state index is 3.71. The maximum absolute atomic E-state index is 3.71. The van der Waals surface area contributed by atoms with E-state index in [0.29, 0.717) is 6.04 Å². The molecule has 1 N–H and O–H groups in total. The topological polar surface area (TPSA) is 18.5 Å². The number of hydrogen-bond donors (Lipinski definition) is 1. The van der Waals surface area contributed by atoms with Crippen molar-refractivity contribution >= 4 is 15.9 Å². The van der Waals surface area contributed by atoms with Crippen LogP contribution in [0.25, 0.3) is 0 Å². The van der Waals surface area contributed by atoms with Crippen LogP contribution in [0.5, 0.6) is 0 Å². The molecule has 0 saturated heterocycles. The summed E-state index contributed by atoms with van der Waals surface area (Å²) in [4.78, 5) is 4.76. The van der Waals surface area contributed by atoms with Gasteiger partial charge in [-0.1, -0.05) is 35.0 Å². The molecule has 0 fully saturated rings. The first-order chi connectivity index (χ1) is 9.47. The van der Waals surface area contributed by atoms with Crippen LogP contribution in [-0.2, 0) is 13.1 Å². The summed E-state index contributed by atoms with van der Waals surface area (Å²) >= 11 is 3.71. The molecule has 1 unspecified atom stereocenters. The molecule has 1 aromatic rings. The SMILES string of the molecule is CCN(Cc1ccc(CNC)cc1Br)C(C)CN(C)C. The predicted octanol–water partition coefficient (Wildman–Crippen LogP) is 2.94. The zero-order valence-corrected chi connectivity index (χ0v) is 15.0. The standard InChI is InChI=1S/C16H28BrN3/c1-6-20(13(2)11-19(4)5)12-15-8-7-14(10-18-3)9-16(15)17/h7-9,13,18H,6,10-12H2,1-5H3. The van der Waals surface area contributed by atoms with Crippen LogP contribution in [0.15, 0.2) is 22.7 Å². The minimum Gasteiger partial charge on any atom is -0.316 e. The molecule has 0 saturated carbocycles. The molecule has 0 heterocycles. The number of halogens is 1. The molecule has 0 radical (unpaired) electrons. The molecule has 3 nitrogen and oxygen atoms in total. The lowest BCUT2D eigenvalue weighted by molar-refractivity contribution is 0.174. The molecular formula is C16H28BrN3. The smallest absolute Gasteiger partial charge is 0.0248 e. The van der Waals surface area contributed by atoms with Crippen LogP contribution in [0.1, 0.15) is 25.0 Å². The van der Waals surface area contributed by atoms with Crippen molar-refractivity contribution in [2.45, 2.75) is 33.0 Å². The Kier molecular flexibility index (Phi) is 7.74. The van der Waals surface area contributed by atoms with Gasteiger partial charge < -0.3 is 10.2 Å². The third-order valence-electron chi connectivity index (χ3n) is 3.53. The second kappa shape index (κ2) is 8.78. The van der Waals surface area contributed by atoms with Gasteiger partial charge in [0, 0.05) is 30.1 Å². The molecule has 114 valence electrons. The zero-order valence-electron chi connectivity index (χ0n) is 13.4. The van der Waals surface area contributed by atoms with Gasteiger partial charge >= 0.3 is 0 Å². The maximum Gasteiger partial charge on any atom is 0.0248 e. The van der Waals surface area contributed by atoms with Crippen molar-refractivity contribution in [3.05, 3.63) is 33.8 Å². The van der Waals surface area contributed by atoms with Gasteiger partial charge in [0.15, 0.2) is 0 Å². The van der Waals surface area contributed by atoms with E-state index in [0.717, 1.165) is 26.2 Å². The van der Waals surface area contributed by atoms with E-state index in [1.54, 1.807) is 0 Å². The fraction of sp³-hybridized carbons (Fsp3) is 0.625. The average Bonchev–Trinajstić information content (AvgIpc) is 2.37. The lowest BCUT2D eigenvalue weighted by Crippen LogP contribution is -2.39. The molecule has 0 aliphatic rings. The highest BCUT2D eigenvalue weighted by Gasteiger charge is 2.14. The Morgan fingerprint density at radius 2 is 2.00 bits per heavy atom. The van der Waals surface area contributed by atoms with Crippen molar-refractivity contribution in [1.82, 2.24) is 15.1 Å². The molecule has 0 aliphatic heterocycles. The van der Waals surface area contributed by atoms with Gasteiger partial charge in [0.25, 0.3) is 0 Å². The molecule has 20 heavy (non-hydrogen) atoms. The first kappa shape index (κ1) is 17.6. The largest absolute Gasteiger partial charge is 0.316 e. The van der Waals surface area contributed by atoms with Gasteiger partial charge in [-0.05, 0) is 51.8 Å². The van der Waals surface area contributed by atoms with E-state index < -0.39 is 0 Å². The van der Waals surface area contributed by atoms with E-state index in [1.807, 2.05) is 7.05 Å². The minimum atomic E-state index is 0.555. The van der Waals surface area contributed by atoms with Crippen LogP contribution in [-0.4, -0.2) is 50.1 Å². The van der Waals surface area contributed by atoms with E-state index in [-0.39, 0.29) is 0 Å². The van der Waals surface area contributed by atoms with Crippen molar-refractivity contribution in [3.8, 4) is 0 Å². The van der Waals surface area contributed by atoms with Crippen LogP contribution in [0.3, 0.4) is 0 Å². The zero-order chi connectivity index (χ0) is 15.1. The van der Waals surface area contributed by atoms with Crippen LogP contribution < -0.4 is 5.32 Å². The van der Waals surface area contributed by atoms with Gasteiger partial charge in [-0.15, -0.1) is 0 Å². The molecule has 1 atom stereocenters. The number of nitrogens with zero attached hydrogens (tertiary/aromatic N) is 2. The minimum absolute atomic E-state index is 0.555. The van der Waals surface area contributed by atoms with Gasteiger partial charge in [0.2, 0.25) is 0 Å². The number of benzene rings is 1. The summed E-state index contributed by atoms with van der Waals surface area (Å²) in [7, 11) is 6.24. The summed E-state index contributed by atoms with van der Waals surface area (Å²) in [6, 6.07) is 7.22. The summed E-state index contributed by atoms with van der Waals surface area (Å²) in [5.41, 5.74) is 2.67. The molecular weight excluding hydrogens is 314 g/mol. The number of rotatable bonds is 8. The lowest BCUT2D eigenvalue weighted by Gasteiger charge is -2.30. The van der Waals surface area contributed by atoms with E-state index >= 15 is 0 Å². The highest BCUT2D eigenvalue weighted by molar-refractivity contribution is 9.10. The third-order valence-corrected chi connectivity index (χ3v) is 4.27. The molecule has 0 amide bonds. The second-order valence-corrected chi connectivity index (χ2v) is 6.48. The Balaban J connectivity index is 2.74. The monoisotopic (exact) mass is 341 g/mol. The first-order valence-electron chi connectivity index (χ1n) is 7.28. The summed E-state index contributed by atoms with van der Waals surface area (Å²) < 4.78 is 1.21. The Hall–Kier alpha value is -0.420. The van der Waals surface area contributed by atoms with E-state index in [9.17, 15) is 0 Å². The number of nitrogens with one attached hydrogen (secondary N) is 1. The van der Waals surface area contributed by atoms with Gasteiger partial charge in [-0.2, -0.15) is 0 Å². The lowest BCUT2D eigenvalue weighted by atomic mass is 10.1. The van der Waals surface area contributed by atoms with Crippen LogP contribution in [0.2, 0.25) is 0 Å². The van der Waals surface area contributed by atoms with Crippen molar-refractivity contribution in [2.75, 3.05) is 34.2 Å². The van der Waals surface area contributed by atoms with Gasteiger partial charge in [-0.3, -0.25) is 4.90 Å². The number of likely N-dealkylation sites (N-methyl/N-ethyl adjacent to an activating group) is 2. The van der Waals surface area contributed by atoms with Gasteiger partial charge in [-0.25, -0.2) is 0 Å². The Labute approximate surface area is 132 Å². The number of hydrogen-bond acceptors (Lipinski definition) is 3. The molecule has 4 heteroatoms. The van der Waals surface area contributed by atoms with Gasteiger partial charge in [0.1, 0.15) is 0 Å². The summed E-state index contributed by atoms with van der Waals surface area (Å²) in [6.45, 7) is 8.59. The highest BCUT2D eigenvalue weighted by atomic mass is 79.9. The first-order valence-corrected chi connectivity index (χ1v) is 8.07.